The van der Waals surface area contributed by atoms with Crippen LogP contribution in [0.25, 0.3) is 0 Å². The fourth-order valence-corrected chi connectivity index (χ4v) is 3.22. The molecule has 124 valence electrons. The molecule has 0 aliphatic heterocycles. The molecule has 0 fully saturated rings. The molecule has 4 nitrogen and oxygen atoms in total. The maximum atomic E-state index is 11.5. The monoisotopic (exact) mass is 372 g/mol. The van der Waals surface area contributed by atoms with E-state index in [-0.39, 0.29) is 56.3 Å². The number of unbranched alkanes of at least 4 members (excludes halogenated alkanes) is 3. The van der Waals surface area contributed by atoms with Gasteiger partial charge in [0, 0.05) is 5.56 Å². The van der Waals surface area contributed by atoms with Crippen molar-refractivity contribution in [3.8, 4) is 11.5 Å². The van der Waals surface area contributed by atoms with E-state index in [4.69, 9.17) is 4.74 Å². The molecule has 0 amide bonds. The summed E-state index contributed by atoms with van der Waals surface area (Å²) < 4.78 is 40.4. The van der Waals surface area contributed by atoms with Gasteiger partial charge in [0.1, 0.15) is 21.6 Å². The van der Waals surface area contributed by atoms with Crippen molar-refractivity contribution in [2.24, 2.45) is 0 Å². The molecule has 0 radical (unpaired) electrons. The van der Waals surface area contributed by atoms with Crippen LogP contribution in [-0.2, 0) is 16.5 Å². The minimum atomic E-state index is -4.52. The van der Waals surface area contributed by atoms with Gasteiger partial charge in [0.05, 0.1) is 4.90 Å². The predicted molar refractivity (Wildman–Crippen MR) is 88.8 cm³/mol. The number of ether oxygens (including phenoxy) is 1. The molecule has 0 atom stereocenters. The zero-order valence-corrected chi connectivity index (χ0v) is 18.1. The summed E-state index contributed by atoms with van der Waals surface area (Å²) in [5.74, 6) is 1.05. The third-order valence-electron chi connectivity index (χ3n) is 3.61. The molecule has 24 heavy (non-hydrogen) atoms. The molecule has 0 unspecified atom stereocenters. The molecule has 0 heterocycles. The van der Waals surface area contributed by atoms with Gasteiger partial charge in [-0.25, -0.2) is 8.42 Å². The molecule has 0 saturated carbocycles. The van der Waals surface area contributed by atoms with Gasteiger partial charge in [-0.1, -0.05) is 50.5 Å². The Morgan fingerprint density at radius 2 is 1.67 bits per heavy atom. The Bertz CT molecular complexity index is 730. The Kier molecular flexibility index (Phi) is 9.74. The number of benzene rings is 2. The second-order valence-electron chi connectivity index (χ2n) is 5.41. The van der Waals surface area contributed by atoms with Gasteiger partial charge >= 0.3 is 51.4 Å². The average molecular weight is 373 g/mol. The van der Waals surface area contributed by atoms with Crippen LogP contribution in [0.4, 0.5) is 0 Å². The summed E-state index contributed by atoms with van der Waals surface area (Å²) >= 11 is 0. The van der Waals surface area contributed by atoms with Crippen LogP contribution in [-0.4, -0.2) is 13.0 Å². The average Bonchev–Trinajstić information content (AvgIpc) is 2.52. The van der Waals surface area contributed by atoms with Gasteiger partial charge in [0.25, 0.3) is 0 Å². The summed E-state index contributed by atoms with van der Waals surface area (Å²) in [5, 5.41) is 0. The molecule has 0 aliphatic carbocycles. The standard InChI is InChI=1S/C18H22O4S.K/c1-2-3-4-8-12-16-17(22-15-10-6-5-7-11-15)13-9-14-18(16)23(19,20)21;/h5-7,9-11,13-14H,2-4,8,12H2,1H3,(H,19,20,21);/q;+1/p-1. The number of para-hydroxylation sites is 1. The van der Waals surface area contributed by atoms with Crippen LogP contribution < -0.4 is 56.1 Å². The van der Waals surface area contributed by atoms with Crippen LogP contribution in [0.2, 0.25) is 0 Å². The Labute approximate surface area is 186 Å². The number of hydrogen-bond donors (Lipinski definition) is 0. The first-order chi connectivity index (χ1) is 11.0. The second kappa shape index (κ2) is 10.7. The quantitative estimate of drug-likeness (QED) is 0.400. The SMILES string of the molecule is CCCCCCc1c(Oc2ccccc2)cccc1S(=O)(=O)[O-].[K+]. The molecular formula is C18H21KO4S. The van der Waals surface area contributed by atoms with Gasteiger partial charge in [-0.05, 0) is 37.1 Å². The third-order valence-corrected chi connectivity index (χ3v) is 4.53. The molecule has 2 rings (SSSR count). The van der Waals surface area contributed by atoms with Gasteiger partial charge in [0.15, 0.2) is 0 Å². The van der Waals surface area contributed by atoms with Gasteiger partial charge < -0.3 is 9.29 Å². The van der Waals surface area contributed by atoms with Crippen LogP contribution in [0, 0.1) is 0 Å². The first-order valence-electron chi connectivity index (χ1n) is 7.83. The van der Waals surface area contributed by atoms with E-state index in [2.05, 4.69) is 6.92 Å². The number of hydrogen-bond acceptors (Lipinski definition) is 4. The summed E-state index contributed by atoms with van der Waals surface area (Å²) in [7, 11) is -4.52. The van der Waals surface area contributed by atoms with Crippen LogP contribution in [0.1, 0.15) is 38.2 Å². The Morgan fingerprint density at radius 3 is 2.29 bits per heavy atom. The van der Waals surface area contributed by atoms with E-state index in [0.717, 1.165) is 25.7 Å². The van der Waals surface area contributed by atoms with E-state index in [1.165, 1.54) is 6.07 Å². The third kappa shape index (κ3) is 6.59. The van der Waals surface area contributed by atoms with Crippen molar-refractivity contribution in [1.29, 1.82) is 0 Å². The molecule has 2 aromatic carbocycles. The van der Waals surface area contributed by atoms with Crippen LogP contribution >= 0.6 is 0 Å². The maximum Gasteiger partial charge on any atom is 1.00 e. The van der Waals surface area contributed by atoms with E-state index < -0.39 is 10.1 Å². The second-order valence-corrected chi connectivity index (χ2v) is 6.76. The van der Waals surface area contributed by atoms with E-state index in [0.29, 0.717) is 23.5 Å². The fourth-order valence-electron chi connectivity index (χ4n) is 2.47. The first-order valence-corrected chi connectivity index (χ1v) is 9.24. The summed E-state index contributed by atoms with van der Waals surface area (Å²) in [6.45, 7) is 2.11. The van der Waals surface area contributed by atoms with Crippen molar-refractivity contribution in [2.45, 2.75) is 43.9 Å². The smallest absolute Gasteiger partial charge is 0.744 e. The molecule has 2 aromatic rings. The molecule has 0 saturated heterocycles. The normalized spacial score (nSPS) is 10.9. The minimum absolute atomic E-state index is 0. The van der Waals surface area contributed by atoms with Gasteiger partial charge in [0.2, 0.25) is 0 Å². The van der Waals surface area contributed by atoms with Crippen LogP contribution in [0.5, 0.6) is 11.5 Å². The van der Waals surface area contributed by atoms with E-state index in [1.54, 1.807) is 24.3 Å². The predicted octanol–water partition coefficient (Wildman–Crippen LogP) is 1.51. The Hall–Kier alpha value is -0.214. The summed E-state index contributed by atoms with van der Waals surface area (Å²) in [5.41, 5.74) is 0.474. The van der Waals surface area contributed by atoms with Crippen LogP contribution in [0.3, 0.4) is 0 Å². The molecule has 0 aliphatic rings. The molecule has 0 N–H and O–H groups in total. The van der Waals surface area contributed by atoms with Crippen molar-refractivity contribution in [1.82, 2.24) is 0 Å². The largest absolute Gasteiger partial charge is 1.00 e. The number of rotatable bonds is 8. The van der Waals surface area contributed by atoms with Crippen molar-refractivity contribution in [3.63, 3.8) is 0 Å². The zero-order chi connectivity index (χ0) is 16.7. The Morgan fingerprint density at radius 1 is 0.958 bits per heavy atom. The maximum absolute atomic E-state index is 11.5. The molecular weight excluding hydrogens is 351 g/mol. The topological polar surface area (TPSA) is 66.4 Å². The zero-order valence-electron chi connectivity index (χ0n) is 14.2. The fraction of sp³-hybridized carbons (Fsp3) is 0.333. The van der Waals surface area contributed by atoms with Gasteiger partial charge in [-0.15, -0.1) is 0 Å². The van der Waals surface area contributed by atoms with E-state index in [9.17, 15) is 13.0 Å². The van der Waals surface area contributed by atoms with E-state index in [1.807, 2.05) is 18.2 Å². The van der Waals surface area contributed by atoms with Crippen LogP contribution in [0.15, 0.2) is 53.4 Å². The molecule has 0 aromatic heterocycles. The summed E-state index contributed by atoms with van der Waals surface area (Å²) in [6, 6.07) is 13.7. The van der Waals surface area contributed by atoms with Crippen molar-refractivity contribution >= 4 is 10.1 Å². The molecule has 6 heteroatoms. The molecule has 0 bridgehead atoms. The van der Waals surface area contributed by atoms with Crippen molar-refractivity contribution < 1.29 is 69.1 Å². The Balaban J connectivity index is 0.00000288. The summed E-state index contributed by atoms with van der Waals surface area (Å²) in [6.07, 6.45) is 4.51. The summed E-state index contributed by atoms with van der Waals surface area (Å²) in [4.78, 5) is -0.178. The first kappa shape index (κ1) is 21.8. The van der Waals surface area contributed by atoms with E-state index >= 15 is 0 Å². The molecule has 0 spiro atoms. The van der Waals surface area contributed by atoms with Crippen molar-refractivity contribution in [3.05, 3.63) is 54.1 Å². The van der Waals surface area contributed by atoms with Gasteiger partial charge in [-0.2, -0.15) is 0 Å². The minimum Gasteiger partial charge on any atom is -0.744 e. The van der Waals surface area contributed by atoms with Crippen molar-refractivity contribution in [2.75, 3.05) is 0 Å². The van der Waals surface area contributed by atoms with Gasteiger partial charge in [-0.3, -0.25) is 0 Å².